The molecule has 13 heavy (non-hydrogen) atoms. The van der Waals surface area contributed by atoms with E-state index in [-0.39, 0.29) is 0 Å². The standard InChI is InChI=1S/C7H6N4OS/c1-11-7(9-4-10-11)5-2-8-6(3-12)13-5/h2-4H,1H3. The third-order valence-electron chi connectivity index (χ3n) is 1.56. The number of aldehydes is 1. The zero-order valence-corrected chi connectivity index (χ0v) is 7.65. The lowest BCUT2D eigenvalue weighted by atomic mass is 10.5. The van der Waals surface area contributed by atoms with Gasteiger partial charge in [0.2, 0.25) is 0 Å². The second-order valence-corrected chi connectivity index (χ2v) is 3.45. The van der Waals surface area contributed by atoms with Crippen molar-refractivity contribution < 1.29 is 4.79 Å². The van der Waals surface area contributed by atoms with Crippen molar-refractivity contribution in [3.63, 3.8) is 0 Å². The van der Waals surface area contributed by atoms with E-state index in [2.05, 4.69) is 15.1 Å². The van der Waals surface area contributed by atoms with Crippen LogP contribution in [0.3, 0.4) is 0 Å². The quantitative estimate of drug-likeness (QED) is 0.662. The monoisotopic (exact) mass is 194 g/mol. The van der Waals surface area contributed by atoms with Gasteiger partial charge in [-0.15, -0.1) is 11.3 Å². The van der Waals surface area contributed by atoms with Crippen molar-refractivity contribution in [1.82, 2.24) is 19.7 Å². The van der Waals surface area contributed by atoms with E-state index < -0.39 is 0 Å². The van der Waals surface area contributed by atoms with E-state index >= 15 is 0 Å². The summed E-state index contributed by atoms with van der Waals surface area (Å²) in [6.45, 7) is 0. The van der Waals surface area contributed by atoms with Crippen LogP contribution in [0.25, 0.3) is 10.7 Å². The fraction of sp³-hybridized carbons (Fsp3) is 0.143. The second-order valence-electron chi connectivity index (χ2n) is 2.39. The van der Waals surface area contributed by atoms with Gasteiger partial charge in [-0.2, -0.15) is 5.10 Å². The highest BCUT2D eigenvalue weighted by molar-refractivity contribution is 7.16. The zero-order valence-electron chi connectivity index (χ0n) is 6.84. The summed E-state index contributed by atoms with van der Waals surface area (Å²) < 4.78 is 1.64. The lowest BCUT2D eigenvalue weighted by Crippen LogP contribution is -1.92. The van der Waals surface area contributed by atoms with Crippen molar-refractivity contribution in [2.24, 2.45) is 7.05 Å². The van der Waals surface area contributed by atoms with Gasteiger partial charge in [0.25, 0.3) is 0 Å². The fourth-order valence-electron chi connectivity index (χ4n) is 0.965. The number of nitrogens with zero attached hydrogens (tertiary/aromatic N) is 4. The average Bonchev–Trinajstić information content (AvgIpc) is 2.71. The molecule has 0 spiro atoms. The van der Waals surface area contributed by atoms with Crippen molar-refractivity contribution in [2.45, 2.75) is 0 Å². The summed E-state index contributed by atoms with van der Waals surface area (Å²) in [5.74, 6) is 0.727. The molecule has 0 atom stereocenters. The Morgan fingerprint density at radius 2 is 2.38 bits per heavy atom. The van der Waals surface area contributed by atoms with Crippen molar-refractivity contribution in [1.29, 1.82) is 0 Å². The van der Waals surface area contributed by atoms with Gasteiger partial charge < -0.3 is 0 Å². The van der Waals surface area contributed by atoms with Crippen LogP contribution < -0.4 is 0 Å². The highest BCUT2D eigenvalue weighted by Gasteiger charge is 2.07. The molecule has 5 nitrogen and oxygen atoms in total. The van der Waals surface area contributed by atoms with Gasteiger partial charge in [0, 0.05) is 13.2 Å². The first kappa shape index (κ1) is 8.06. The SMILES string of the molecule is Cn1ncnc1-c1cnc(C=O)s1. The molecule has 6 heteroatoms. The van der Waals surface area contributed by atoms with E-state index in [0.29, 0.717) is 5.01 Å². The molecule has 66 valence electrons. The first-order valence-corrected chi connectivity index (χ1v) is 4.38. The Labute approximate surface area is 78.1 Å². The second kappa shape index (κ2) is 3.06. The van der Waals surface area contributed by atoms with Gasteiger partial charge in [0.05, 0.1) is 4.88 Å². The van der Waals surface area contributed by atoms with Crippen LogP contribution >= 0.6 is 11.3 Å². The first-order valence-electron chi connectivity index (χ1n) is 3.56. The van der Waals surface area contributed by atoms with E-state index in [0.717, 1.165) is 17.0 Å². The van der Waals surface area contributed by atoms with Crippen LogP contribution in [0.5, 0.6) is 0 Å². The van der Waals surface area contributed by atoms with E-state index in [9.17, 15) is 4.79 Å². The van der Waals surface area contributed by atoms with Crippen molar-refractivity contribution in [2.75, 3.05) is 0 Å². The topological polar surface area (TPSA) is 60.7 Å². The molecule has 2 aromatic rings. The minimum atomic E-state index is 0.456. The summed E-state index contributed by atoms with van der Waals surface area (Å²) in [7, 11) is 1.79. The van der Waals surface area contributed by atoms with Crippen LogP contribution in [0.1, 0.15) is 9.80 Å². The van der Waals surface area contributed by atoms with E-state index in [1.54, 1.807) is 17.9 Å². The number of aromatic nitrogens is 4. The molecule has 2 aromatic heterocycles. The van der Waals surface area contributed by atoms with Gasteiger partial charge in [-0.05, 0) is 0 Å². The summed E-state index contributed by atoms with van der Waals surface area (Å²) in [6.07, 6.45) is 3.82. The molecule has 0 fully saturated rings. The molecule has 2 rings (SSSR count). The molecular formula is C7H6N4OS. The van der Waals surface area contributed by atoms with Crippen LogP contribution in [0.15, 0.2) is 12.5 Å². The minimum absolute atomic E-state index is 0.456. The van der Waals surface area contributed by atoms with E-state index in [1.807, 2.05) is 0 Å². The molecule has 2 heterocycles. The van der Waals surface area contributed by atoms with Crippen molar-refractivity contribution in [3.8, 4) is 10.7 Å². The third kappa shape index (κ3) is 1.35. The van der Waals surface area contributed by atoms with Crippen molar-refractivity contribution in [3.05, 3.63) is 17.5 Å². The van der Waals surface area contributed by atoms with E-state index in [1.165, 1.54) is 17.7 Å². The average molecular weight is 194 g/mol. The third-order valence-corrected chi connectivity index (χ3v) is 2.47. The van der Waals surface area contributed by atoms with Crippen LogP contribution in [-0.2, 0) is 7.05 Å². The van der Waals surface area contributed by atoms with Crippen molar-refractivity contribution >= 4 is 17.6 Å². The molecule has 0 N–H and O–H groups in total. The van der Waals surface area contributed by atoms with Gasteiger partial charge in [0.1, 0.15) is 6.33 Å². The van der Waals surface area contributed by atoms with Crippen LogP contribution in [-0.4, -0.2) is 26.0 Å². The van der Waals surface area contributed by atoms with Gasteiger partial charge in [-0.1, -0.05) is 0 Å². The number of hydrogen-bond acceptors (Lipinski definition) is 5. The normalized spacial score (nSPS) is 10.2. The molecule has 0 aliphatic heterocycles. The zero-order chi connectivity index (χ0) is 9.26. The molecule has 0 saturated heterocycles. The molecule has 0 unspecified atom stereocenters. The predicted octanol–water partition coefficient (Wildman–Crippen LogP) is 0.751. The first-order chi connectivity index (χ1) is 6.31. The molecule has 0 bridgehead atoms. The Kier molecular flexibility index (Phi) is 1.90. The summed E-state index contributed by atoms with van der Waals surface area (Å²) in [4.78, 5) is 19.2. The Hall–Kier alpha value is -1.56. The molecule has 0 aliphatic carbocycles. The maximum Gasteiger partial charge on any atom is 0.178 e. The van der Waals surface area contributed by atoms with Crippen LogP contribution in [0.2, 0.25) is 0 Å². The molecule has 0 amide bonds. The molecule has 0 saturated carbocycles. The molecule has 0 aliphatic rings. The Morgan fingerprint density at radius 1 is 1.54 bits per heavy atom. The molecule has 0 radical (unpaired) electrons. The highest BCUT2D eigenvalue weighted by Crippen LogP contribution is 2.22. The Bertz CT molecular complexity index is 433. The smallest absolute Gasteiger partial charge is 0.178 e. The number of hydrogen-bond donors (Lipinski definition) is 0. The lowest BCUT2D eigenvalue weighted by Gasteiger charge is -1.92. The number of thiazole rings is 1. The summed E-state index contributed by atoms with van der Waals surface area (Å²) in [6, 6.07) is 0. The summed E-state index contributed by atoms with van der Waals surface area (Å²) >= 11 is 1.30. The van der Waals surface area contributed by atoms with Gasteiger partial charge in [-0.25, -0.2) is 14.6 Å². The van der Waals surface area contributed by atoms with E-state index in [4.69, 9.17) is 0 Å². The maximum atomic E-state index is 10.4. The predicted molar refractivity (Wildman–Crippen MR) is 47.5 cm³/mol. The Balaban J connectivity index is 2.46. The van der Waals surface area contributed by atoms with Gasteiger partial charge in [-0.3, -0.25) is 4.79 Å². The summed E-state index contributed by atoms with van der Waals surface area (Å²) in [5.41, 5.74) is 0. The van der Waals surface area contributed by atoms with Gasteiger partial charge >= 0.3 is 0 Å². The lowest BCUT2D eigenvalue weighted by molar-refractivity contribution is 0.112. The number of aryl methyl sites for hydroxylation is 1. The fourth-order valence-corrected chi connectivity index (χ4v) is 1.73. The number of carbonyl (C=O) groups excluding carboxylic acids is 1. The number of carbonyl (C=O) groups is 1. The Morgan fingerprint density at radius 3 is 2.92 bits per heavy atom. The highest BCUT2D eigenvalue weighted by atomic mass is 32.1. The largest absolute Gasteiger partial charge is 0.295 e. The van der Waals surface area contributed by atoms with Gasteiger partial charge in [0.15, 0.2) is 17.1 Å². The maximum absolute atomic E-state index is 10.4. The number of rotatable bonds is 2. The summed E-state index contributed by atoms with van der Waals surface area (Å²) in [5, 5.41) is 4.38. The molecule has 0 aromatic carbocycles. The minimum Gasteiger partial charge on any atom is -0.295 e. The molecular weight excluding hydrogens is 188 g/mol. The van der Waals surface area contributed by atoms with Crippen LogP contribution in [0.4, 0.5) is 0 Å². The van der Waals surface area contributed by atoms with Crippen LogP contribution in [0, 0.1) is 0 Å².